The summed E-state index contributed by atoms with van der Waals surface area (Å²) in [5.74, 6) is 0. The average Bonchev–Trinajstić information content (AvgIpc) is 2.40. The fourth-order valence-electron chi connectivity index (χ4n) is 1.86. The molecule has 2 rings (SSSR count). The third-order valence-electron chi connectivity index (χ3n) is 2.77. The van der Waals surface area contributed by atoms with E-state index in [4.69, 9.17) is 4.74 Å². The zero-order valence-electron chi connectivity index (χ0n) is 10.5. The summed E-state index contributed by atoms with van der Waals surface area (Å²) in [6.07, 6.45) is 1.72. The minimum Gasteiger partial charge on any atom is -0.352 e. The lowest BCUT2D eigenvalue weighted by molar-refractivity contribution is 0.101. The second-order valence-corrected chi connectivity index (χ2v) is 6.38. The van der Waals surface area contributed by atoms with E-state index in [9.17, 15) is 0 Å². The molecule has 0 radical (unpaired) electrons. The van der Waals surface area contributed by atoms with Gasteiger partial charge in [0.25, 0.3) is 0 Å². The molecule has 0 amide bonds. The predicted octanol–water partition coefficient (Wildman–Crippen LogP) is 4.93. The van der Waals surface area contributed by atoms with E-state index >= 15 is 0 Å². The molecule has 0 aliphatic carbocycles. The Morgan fingerprint density at radius 3 is 1.42 bits per heavy atom. The zero-order chi connectivity index (χ0) is 13.5. The average molecular weight is 384 g/mol. The molecule has 0 saturated carbocycles. The van der Waals surface area contributed by atoms with Crippen LogP contribution < -0.4 is 0 Å². The first kappa shape index (κ1) is 14.8. The lowest BCUT2D eigenvalue weighted by Gasteiger charge is -2.16. The molecule has 0 heterocycles. The zero-order valence-corrected chi connectivity index (χ0v) is 13.7. The summed E-state index contributed by atoms with van der Waals surface area (Å²) in [4.78, 5) is 0. The van der Waals surface area contributed by atoms with Crippen LogP contribution in [0.25, 0.3) is 0 Å². The summed E-state index contributed by atoms with van der Waals surface area (Å²) in [5, 5.41) is 0.0333. The van der Waals surface area contributed by atoms with Gasteiger partial charge in [-0.3, -0.25) is 0 Å². The first-order valence-electron chi connectivity index (χ1n) is 6.25. The predicted molar refractivity (Wildman–Crippen MR) is 86.8 cm³/mol. The van der Waals surface area contributed by atoms with E-state index in [0.717, 1.165) is 12.8 Å². The number of hydrogen-bond acceptors (Lipinski definition) is 1. The Labute approximate surface area is 131 Å². The normalized spacial score (nSPS) is 14.0. The van der Waals surface area contributed by atoms with Gasteiger partial charge in [0.15, 0.2) is 0 Å². The van der Waals surface area contributed by atoms with Crippen molar-refractivity contribution in [3.05, 3.63) is 71.8 Å². The van der Waals surface area contributed by atoms with Gasteiger partial charge in [-0.2, -0.15) is 0 Å². The Morgan fingerprint density at radius 1 is 0.684 bits per heavy atom. The third-order valence-corrected chi connectivity index (χ3v) is 3.85. The Balaban J connectivity index is 1.80. The van der Waals surface area contributed by atoms with Crippen LogP contribution in [0, 0.1) is 0 Å². The molecule has 2 aromatic rings. The van der Waals surface area contributed by atoms with E-state index in [2.05, 4.69) is 56.1 Å². The van der Waals surface area contributed by atoms with Crippen LogP contribution in [0.15, 0.2) is 60.7 Å². The lowest BCUT2D eigenvalue weighted by Crippen LogP contribution is -2.16. The maximum absolute atomic E-state index is 5.89. The molecule has 0 aliphatic heterocycles. The standard InChI is InChI=1S/C16H16Br2O/c17-15(11-13-7-3-1-4-8-13)19-16(18)12-14-9-5-2-6-10-14/h1-10,15-16H,11-12H2. The van der Waals surface area contributed by atoms with Gasteiger partial charge in [0.05, 0.1) is 0 Å². The molecule has 1 nitrogen and oxygen atoms in total. The molecular formula is C16H16Br2O. The van der Waals surface area contributed by atoms with Gasteiger partial charge < -0.3 is 4.74 Å². The van der Waals surface area contributed by atoms with E-state index in [0.29, 0.717) is 0 Å². The number of ether oxygens (including phenoxy) is 1. The van der Waals surface area contributed by atoms with Crippen molar-refractivity contribution in [1.82, 2.24) is 0 Å². The molecule has 0 spiro atoms. The highest BCUT2D eigenvalue weighted by Gasteiger charge is 2.12. The minimum absolute atomic E-state index is 0.0167. The summed E-state index contributed by atoms with van der Waals surface area (Å²) in [6, 6.07) is 20.7. The van der Waals surface area contributed by atoms with Gasteiger partial charge in [-0.15, -0.1) is 0 Å². The van der Waals surface area contributed by atoms with Crippen LogP contribution in [0.3, 0.4) is 0 Å². The van der Waals surface area contributed by atoms with Gasteiger partial charge in [0, 0.05) is 12.8 Å². The van der Waals surface area contributed by atoms with E-state index in [1.165, 1.54) is 11.1 Å². The number of halogens is 2. The highest BCUT2D eigenvalue weighted by atomic mass is 79.9. The molecule has 0 fully saturated rings. The highest BCUT2D eigenvalue weighted by molar-refractivity contribution is 9.10. The lowest BCUT2D eigenvalue weighted by atomic mass is 10.1. The van der Waals surface area contributed by atoms with E-state index in [1.807, 2.05) is 36.4 Å². The van der Waals surface area contributed by atoms with E-state index in [-0.39, 0.29) is 10.0 Å². The molecule has 19 heavy (non-hydrogen) atoms. The largest absolute Gasteiger partial charge is 0.352 e. The van der Waals surface area contributed by atoms with Crippen molar-refractivity contribution in [3.8, 4) is 0 Å². The van der Waals surface area contributed by atoms with Crippen LogP contribution in [0.2, 0.25) is 0 Å². The molecule has 0 aromatic heterocycles. The second-order valence-electron chi connectivity index (χ2n) is 4.34. The number of rotatable bonds is 6. The van der Waals surface area contributed by atoms with Crippen molar-refractivity contribution in [2.45, 2.75) is 22.9 Å². The minimum atomic E-state index is 0.0167. The van der Waals surface area contributed by atoms with Crippen LogP contribution in [0.5, 0.6) is 0 Å². The molecule has 2 unspecified atom stereocenters. The summed E-state index contributed by atoms with van der Waals surface area (Å²) < 4.78 is 5.89. The molecular weight excluding hydrogens is 368 g/mol. The van der Waals surface area contributed by atoms with Crippen LogP contribution >= 0.6 is 31.9 Å². The molecule has 100 valence electrons. The molecule has 0 aliphatic rings. The second kappa shape index (κ2) is 7.83. The van der Waals surface area contributed by atoms with Crippen molar-refractivity contribution in [2.24, 2.45) is 0 Å². The first-order chi connectivity index (χ1) is 9.24. The van der Waals surface area contributed by atoms with Crippen LogP contribution in [0.4, 0.5) is 0 Å². The fourth-order valence-corrected chi connectivity index (χ4v) is 3.41. The maximum atomic E-state index is 5.89. The number of alkyl halides is 2. The van der Waals surface area contributed by atoms with Crippen LogP contribution in [0.1, 0.15) is 11.1 Å². The van der Waals surface area contributed by atoms with Crippen LogP contribution in [-0.4, -0.2) is 10.0 Å². The monoisotopic (exact) mass is 382 g/mol. The first-order valence-corrected chi connectivity index (χ1v) is 8.08. The van der Waals surface area contributed by atoms with Crippen molar-refractivity contribution >= 4 is 31.9 Å². The van der Waals surface area contributed by atoms with Crippen molar-refractivity contribution < 1.29 is 4.74 Å². The van der Waals surface area contributed by atoms with Gasteiger partial charge in [0.1, 0.15) is 10.0 Å². The Kier molecular flexibility index (Phi) is 6.08. The van der Waals surface area contributed by atoms with Crippen molar-refractivity contribution in [1.29, 1.82) is 0 Å². The van der Waals surface area contributed by atoms with Gasteiger partial charge in [-0.05, 0) is 11.1 Å². The SMILES string of the molecule is BrC(Cc1ccccc1)OC(Br)Cc1ccccc1. The van der Waals surface area contributed by atoms with Gasteiger partial charge in [-0.25, -0.2) is 0 Å². The highest BCUT2D eigenvalue weighted by Crippen LogP contribution is 2.18. The number of benzene rings is 2. The van der Waals surface area contributed by atoms with Gasteiger partial charge in [-0.1, -0.05) is 92.5 Å². The molecule has 0 saturated heterocycles. The van der Waals surface area contributed by atoms with Gasteiger partial charge in [0.2, 0.25) is 0 Å². The van der Waals surface area contributed by atoms with Crippen molar-refractivity contribution in [2.75, 3.05) is 0 Å². The molecule has 2 aromatic carbocycles. The maximum Gasteiger partial charge on any atom is 0.118 e. The van der Waals surface area contributed by atoms with E-state index in [1.54, 1.807) is 0 Å². The topological polar surface area (TPSA) is 9.23 Å². The summed E-state index contributed by atoms with van der Waals surface area (Å²) in [7, 11) is 0. The Hall–Kier alpha value is -0.640. The summed E-state index contributed by atoms with van der Waals surface area (Å²) in [6.45, 7) is 0. The van der Waals surface area contributed by atoms with Crippen LogP contribution in [-0.2, 0) is 17.6 Å². The van der Waals surface area contributed by atoms with Gasteiger partial charge >= 0.3 is 0 Å². The quantitative estimate of drug-likeness (QED) is 0.642. The van der Waals surface area contributed by atoms with Crippen molar-refractivity contribution in [3.63, 3.8) is 0 Å². The summed E-state index contributed by atoms with van der Waals surface area (Å²) >= 11 is 7.15. The molecule has 2 atom stereocenters. The fraction of sp³-hybridized carbons (Fsp3) is 0.250. The number of hydrogen-bond donors (Lipinski definition) is 0. The third kappa shape index (κ3) is 5.47. The summed E-state index contributed by atoms with van der Waals surface area (Å²) in [5.41, 5.74) is 2.53. The Morgan fingerprint density at radius 2 is 1.05 bits per heavy atom. The Bertz CT molecular complexity index is 427. The smallest absolute Gasteiger partial charge is 0.118 e. The van der Waals surface area contributed by atoms with E-state index < -0.39 is 0 Å². The molecule has 0 bridgehead atoms. The molecule has 0 N–H and O–H groups in total. The molecule has 3 heteroatoms.